The molecule has 0 aliphatic heterocycles. The van der Waals surface area contributed by atoms with Crippen LogP contribution in [0.15, 0.2) is 12.2 Å². The number of rotatable bonds is 24. The van der Waals surface area contributed by atoms with Crippen LogP contribution in [-0.4, -0.2) is 0 Å². The molecule has 0 rings (SSSR count). The molecule has 0 saturated heterocycles. The Labute approximate surface area is 186 Å². The van der Waals surface area contributed by atoms with Crippen molar-refractivity contribution in [3.05, 3.63) is 26.0 Å². The van der Waals surface area contributed by atoms with E-state index in [0.29, 0.717) is 0 Å². The van der Waals surface area contributed by atoms with E-state index in [1.54, 1.807) is 0 Å². The van der Waals surface area contributed by atoms with Gasteiger partial charge in [0, 0.05) is 0 Å². The minimum Gasteiger partial charge on any atom is -0.0885 e. The summed E-state index contributed by atoms with van der Waals surface area (Å²) in [4.78, 5) is 0. The van der Waals surface area contributed by atoms with Crippen LogP contribution in [0.2, 0.25) is 0 Å². The maximum Gasteiger partial charge on any atom is -0.0351 e. The van der Waals surface area contributed by atoms with E-state index in [1.807, 2.05) is 0 Å². The highest BCUT2D eigenvalue weighted by molar-refractivity contribution is 4.81. The Morgan fingerprint density at radius 1 is 0.483 bits per heavy atom. The van der Waals surface area contributed by atoms with E-state index < -0.39 is 0 Å². The van der Waals surface area contributed by atoms with Crippen LogP contribution >= 0.6 is 0 Å². The molecule has 0 heteroatoms. The van der Waals surface area contributed by atoms with Gasteiger partial charge in [-0.25, -0.2) is 0 Å². The van der Waals surface area contributed by atoms with Gasteiger partial charge in [0.2, 0.25) is 0 Å². The van der Waals surface area contributed by atoms with Crippen molar-refractivity contribution in [2.75, 3.05) is 0 Å². The molecule has 0 nitrogen and oxygen atoms in total. The molecular weight excluding hydrogens is 348 g/mol. The lowest BCUT2D eigenvalue weighted by molar-refractivity contribution is 0.395. The lowest BCUT2D eigenvalue weighted by atomic mass is 9.92. The van der Waals surface area contributed by atoms with Gasteiger partial charge >= 0.3 is 0 Å². The molecule has 1 atom stereocenters. The van der Waals surface area contributed by atoms with Gasteiger partial charge in [-0.15, -0.1) is 0 Å². The molecule has 172 valence electrons. The Morgan fingerprint density at radius 3 is 1.24 bits per heavy atom. The van der Waals surface area contributed by atoms with Gasteiger partial charge in [0.1, 0.15) is 0 Å². The summed E-state index contributed by atoms with van der Waals surface area (Å²) in [6.07, 6.45) is 36.6. The summed E-state index contributed by atoms with van der Waals surface area (Å²) >= 11 is 0. The third kappa shape index (κ3) is 23.9. The highest BCUT2D eigenvalue weighted by Gasteiger charge is 2.05. The topological polar surface area (TPSA) is 0 Å². The monoisotopic (exact) mass is 404 g/mol. The van der Waals surface area contributed by atoms with Crippen LogP contribution in [0.1, 0.15) is 155 Å². The van der Waals surface area contributed by atoms with Gasteiger partial charge in [0.25, 0.3) is 0 Å². The summed E-state index contributed by atoms with van der Waals surface area (Å²) in [7, 11) is 0. The Balaban J connectivity index is 3.30. The summed E-state index contributed by atoms with van der Waals surface area (Å²) in [5.74, 6) is 0.988. The first kappa shape index (κ1) is 28.7. The maximum atomic E-state index is 3.93. The third-order valence-corrected chi connectivity index (χ3v) is 6.46. The van der Waals surface area contributed by atoms with Crippen molar-refractivity contribution in [3.8, 4) is 0 Å². The van der Waals surface area contributed by atoms with Gasteiger partial charge in [-0.1, -0.05) is 155 Å². The second-order valence-corrected chi connectivity index (χ2v) is 9.26. The van der Waals surface area contributed by atoms with Gasteiger partial charge in [-0.2, -0.15) is 0 Å². The van der Waals surface area contributed by atoms with E-state index in [4.69, 9.17) is 0 Å². The molecule has 0 aromatic carbocycles. The fraction of sp³-hybridized carbons (Fsp3) is 0.862. The minimum absolute atomic E-state index is 0.988. The quantitative estimate of drug-likeness (QED) is 0.111. The normalized spacial score (nSPS) is 12.8. The fourth-order valence-corrected chi connectivity index (χ4v) is 4.30. The van der Waals surface area contributed by atoms with Crippen LogP contribution in [0.5, 0.6) is 0 Å². The van der Waals surface area contributed by atoms with Crippen molar-refractivity contribution in [2.24, 2.45) is 5.92 Å². The fourth-order valence-electron chi connectivity index (χ4n) is 4.30. The minimum atomic E-state index is 0.988. The van der Waals surface area contributed by atoms with E-state index in [1.165, 1.54) is 135 Å². The summed E-state index contributed by atoms with van der Waals surface area (Å²) in [5, 5.41) is 0. The predicted octanol–water partition coefficient (Wildman–Crippen LogP) is 10.8. The molecule has 0 aliphatic carbocycles. The smallest absolute Gasteiger partial charge is 0.0351 e. The average molecular weight is 405 g/mol. The second-order valence-electron chi connectivity index (χ2n) is 9.26. The molecule has 0 spiro atoms. The van der Waals surface area contributed by atoms with Crippen molar-refractivity contribution < 1.29 is 0 Å². The Hall–Kier alpha value is -0.260. The van der Waals surface area contributed by atoms with E-state index in [2.05, 4.69) is 32.9 Å². The van der Waals surface area contributed by atoms with Gasteiger partial charge in [0.15, 0.2) is 0 Å². The number of unbranched alkanes of at least 4 members (excludes halogenated alkanes) is 17. The first-order chi connectivity index (χ1) is 14.3. The Kier molecular flexibility index (Phi) is 25.5. The zero-order valence-electron chi connectivity index (χ0n) is 20.4. The van der Waals surface area contributed by atoms with Crippen molar-refractivity contribution in [3.63, 3.8) is 0 Å². The van der Waals surface area contributed by atoms with Crippen molar-refractivity contribution >= 4 is 0 Å². The second kappa shape index (κ2) is 25.8. The van der Waals surface area contributed by atoms with E-state index >= 15 is 0 Å². The van der Waals surface area contributed by atoms with Crippen LogP contribution in [0.3, 0.4) is 0 Å². The summed E-state index contributed by atoms with van der Waals surface area (Å²) in [5.41, 5.74) is 0. The molecule has 0 N–H and O–H groups in total. The van der Waals surface area contributed by atoms with E-state index in [9.17, 15) is 0 Å². The Morgan fingerprint density at radius 2 is 0.828 bits per heavy atom. The third-order valence-electron chi connectivity index (χ3n) is 6.46. The molecule has 0 aromatic heterocycles. The van der Waals surface area contributed by atoms with Crippen molar-refractivity contribution in [2.45, 2.75) is 155 Å². The summed E-state index contributed by atoms with van der Waals surface area (Å²) in [6.45, 7) is 10.2. The van der Waals surface area contributed by atoms with Crippen molar-refractivity contribution in [1.82, 2.24) is 0 Å². The largest absolute Gasteiger partial charge is 0.0885 e. The molecule has 0 fully saturated rings. The molecule has 0 aromatic rings. The van der Waals surface area contributed by atoms with E-state index in [0.717, 1.165) is 18.8 Å². The Bertz CT molecular complexity index is 303. The summed E-state index contributed by atoms with van der Waals surface area (Å²) < 4.78 is 0. The molecule has 0 heterocycles. The molecule has 0 saturated carbocycles. The number of allylic oxidation sites excluding steroid dienone is 2. The molecule has 2 radical (unpaired) electrons. The lowest BCUT2D eigenvalue weighted by Crippen LogP contribution is -1.99. The van der Waals surface area contributed by atoms with Gasteiger partial charge < -0.3 is 0 Å². The van der Waals surface area contributed by atoms with E-state index in [-0.39, 0.29) is 0 Å². The molecule has 0 aliphatic rings. The highest BCUT2D eigenvalue weighted by Crippen LogP contribution is 2.21. The maximum absolute atomic E-state index is 3.93. The van der Waals surface area contributed by atoms with Gasteiger partial charge in [-0.05, 0) is 31.6 Å². The first-order valence-corrected chi connectivity index (χ1v) is 13.6. The standard InChI is InChI=1S/C29H56/c1-4-7-9-11-13-14-15-16-17-18-19-20-21-22-24-26-28-29(6-3)27-25-23-12-10-8-5-2/h19-20,29H,1-2,4-18,21-28H2,3H3/b20-19+. The summed E-state index contributed by atoms with van der Waals surface area (Å²) in [6, 6.07) is 0. The average Bonchev–Trinajstić information content (AvgIpc) is 2.74. The number of hydrogen-bond acceptors (Lipinski definition) is 0. The first-order valence-electron chi connectivity index (χ1n) is 13.6. The van der Waals surface area contributed by atoms with Crippen LogP contribution in [0.4, 0.5) is 0 Å². The molecular formula is C29H56. The zero-order chi connectivity index (χ0) is 21.3. The molecule has 1 unspecified atom stereocenters. The van der Waals surface area contributed by atoms with Gasteiger partial charge in [-0.3, -0.25) is 0 Å². The number of hydrogen-bond donors (Lipinski definition) is 0. The zero-order valence-corrected chi connectivity index (χ0v) is 20.4. The predicted molar refractivity (Wildman–Crippen MR) is 135 cm³/mol. The molecule has 0 bridgehead atoms. The highest BCUT2D eigenvalue weighted by atomic mass is 14.1. The molecule has 29 heavy (non-hydrogen) atoms. The van der Waals surface area contributed by atoms with Crippen LogP contribution in [0.25, 0.3) is 0 Å². The lowest BCUT2D eigenvalue weighted by Gasteiger charge is -2.14. The van der Waals surface area contributed by atoms with Crippen LogP contribution < -0.4 is 0 Å². The van der Waals surface area contributed by atoms with Crippen LogP contribution in [-0.2, 0) is 0 Å². The van der Waals surface area contributed by atoms with Gasteiger partial charge in [0.05, 0.1) is 0 Å². The SMILES string of the molecule is [CH2]CCCCCCCCCC/C=C/CCCCCC(CC)CCCCCCC[CH2]. The molecule has 0 amide bonds. The van der Waals surface area contributed by atoms with Crippen molar-refractivity contribution in [1.29, 1.82) is 0 Å². The van der Waals surface area contributed by atoms with Crippen LogP contribution in [0, 0.1) is 19.8 Å².